The average molecular weight is 278 g/mol. The molecule has 0 saturated carbocycles. The second-order valence-electron chi connectivity index (χ2n) is 4.31. The number of hydrogen-bond acceptors (Lipinski definition) is 2. The van der Waals surface area contributed by atoms with E-state index in [1.54, 1.807) is 19.1 Å². The van der Waals surface area contributed by atoms with Crippen molar-refractivity contribution in [3.8, 4) is 5.75 Å². The molecule has 0 radical (unpaired) electrons. The van der Waals surface area contributed by atoms with E-state index in [2.05, 4.69) is 0 Å². The average Bonchev–Trinajstić information content (AvgIpc) is 2.41. The molecule has 20 heavy (non-hydrogen) atoms. The summed E-state index contributed by atoms with van der Waals surface area (Å²) in [5.41, 5.74) is 0.642. The van der Waals surface area contributed by atoms with E-state index in [0.29, 0.717) is 11.1 Å². The number of ether oxygens (including phenoxy) is 1. The summed E-state index contributed by atoms with van der Waals surface area (Å²) in [7, 11) is 0. The molecule has 0 saturated heterocycles. The zero-order valence-corrected chi connectivity index (χ0v) is 10.7. The van der Waals surface area contributed by atoms with Crippen molar-refractivity contribution in [2.75, 3.05) is 0 Å². The fourth-order valence-corrected chi connectivity index (χ4v) is 1.70. The van der Waals surface area contributed by atoms with Gasteiger partial charge < -0.3 is 9.84 Å². The van der Waals surface area contributed by atoms with E-state index in [1.165, 1.54) is 12.1 Å². The molecular weight excluding hydrogens is 266 g/mol. The third-order valence-corrected chi connectivity index (χ3v) is 2.84. The van der Waals surface area contributed by atoms with E-state index < -0.39 is 17.6 Å². The van der Waals surface area contributed by atoms with Crippen molar-refractivity contribution in [3.63, 3.8) is 0 Å². The van der Waals surface area contributed by atoms with Crippen LogP contribution in [0.1, 0.15) is 21.5 Å². The SMILES string of the molecule is Cc1ccc(OCc2ccc(F)cc2C(=O)O)cc1F. The van der Waals surface area contributed by atoms with Crippen molar-refractivity contribution in [2.45, 2.75) is 13.5 Å². The molecule has 5 heteroatoms. The monoisotopic (exact) mass is 278 g/mol. The van der Waals surface area contributed by atoms with Gasteiger partial charge in [-0.1, -0.05) is 12.1 Å². The zero-order valence-electron chi connectivity index (χ0n) is 10.7. The first-order chi connectivity index (χ1) is 9.47. The first-order valence-corrected chi connectivity index (χ1v) is 5.88. The van der Waals surface area contributed by atoms with Crippen LogP contribution in [0.15, 0.2) is 36.4 Å². The molecule has 2 aromatic rings. The van der Waals surface area contributed by atoms with E-state index in [9.17, 15) is 13.6 Å². The van der Waals surface area contributed by atoms with Crippen LogP contribution in [-0.4, -0.2) is 11.1 Å². The Hall–Kier alpha value is -2.43. The third kappa shape index (κ3) is 3.12. The van der Waals surface area contributed by atoms with Crippen molar-refractivity contribution in [1.29, 1.82) is 0 Å². The maximum absolute atomic E-state index is 13.3. The van der Waals surface area contributed by atoms with Gasteiger partial charge in [0.1, 0.15) is 24.0 Å². The summed E-state index contributed by atoms with van der Waals surface area (Å²) >= 11 is 0. The quantitative estimate of drug-likeness (QED) is 0.930. The van der Waals surface area contributed by atoms with Crippen molar-refractivity contribution >= 4 is 5.97 Å². The molecule has 0 aromatic heterocycles. The van der Waals surface area contributed by atoms with Crippen LogP contribution >= 0.6 is 0 Å². The highest BCUT2D eigenvalue weighted by Gasteiger charge is 2.12. The van der Waals surface area contributed by atoms with Crippen molar-refractivity contribution in [3.05, 3.63) is 64.7 Å². The maximum atomic E-state index is 13.3. The van der Waals surface area contributed by atoms with Crippen molar-refractivity contribution in [2.24, 2.45) is 0 Å². The molecule has 2 rings (SSSR count). The lowest BCUT2D eigenvalue weighted by Gasteiger charge is -2.09. The van der Waals surface area contributed by atoms with Crippen LogP contribution in [-0.2, 0) is 6.61 Å². The molecular formula is C15H12F2O3. The number of benzene rings is 2. The Kier molecular flexibility index (Phi) is 3.98. The first-order valence-electron chi connectivity index (χ1n) is 5.88. The largest absolute Gasteiger partial charge is 0.489 e. The molecule has 0 heterocycles. The maximum Gasteiger partial charge on any atom is 0.336 e. The lowest BCUT2D eigenvalue weighted by Crippen LogP contribution is -2.06. The minimum Gasteiger partial charge on any atom is -0.489 e. The second-order valence-corrected chi connectivity index (χ2v) is 4.31. The first kappa shape index (κ1) is 14.0. The Balaban J connectivity index is 2.18. The minimum absolute atomic E-state index is 0.0790. The standard InChI is InChI=1S/C15H12F2O3/c1-9-2-5-12(7-14(9)17)20-8-10-3-4-11(16)6-13(10)15(18)19/h2-7H,8H2,1H3,(H,18,19). The van der Waals surface area contributed by atoms with E-state index in [0.717, 1.165) is 12.1 Å². The van der Waals surface area contributed by atoms with Crippen LogP contribution in [0.2, 0.25) is 0 Å². The Morgan fingerprint density at radius 2 is 1.95 bits per heavy atom. The summed E-state index contributed by atoms with van der Waals surface area (Å²) in [6, 6.07) is 7.79. The fraction of sp³-hybridized carbons (Fsp3) is 0.133. The highest BCUT2D eigenvalue weighted by atomic mass is 19.1. The van der Waals surface area contributed by atoms with E-state index in [-0.39, 0.29) is 17.9 Å². The predicted octanol–water partition coefficient (Wildman–Crippen LogP) is 3.55. The van der Waals surface area contributed by atoms with Gasteiger partial charge in [0.05, 0.1) is 5.56 Å². The van der Waals surface area contributed by atoms with Gasteiger partial charge in [-0.3, -0.25) is 0 Å². The topological polar surface area (TPSA) is 46.5 Å². The second kappa shape index (κ2) is 5.69. The Morgan fingerprint density at radius 1 is 1.20 bits per heavy atom. The smallest absolute Gasteiger partial charge is 0.336 e. The molecule has 0 aliphatic carbocycles. The van der Waals surface area contributed by atoms with Crippen LogP contribution in [0.5, 0.6) is 5.75 Å². The van der Waals surface area contributed by atoms with Gasteiger partial charge in [-0.25, -0.2) is 13.6 Å². The number of carboxylic acid groups (broad SMARTS) is 1. The number of carboxylic acids is 1. The number of halogens is 2. The van der Waals surface area contributed by atoms with E-state index in [4.69, 9.17) is 9.84 Å². The minimum atomic E-state index is -1.24. The Bertz CT molecular complexity index is 654. The molecule has 0 bridgehead atoms. The number of aromatic carboxylic acids is 1. The molecule has 0 atom stereocenters. The number of aryl methyl sites for hydroxylation is 1. The van der Waals surface area contributed by atoms with Gasteiger partial charge in [0, 0.05) is 11.6 Å². The zero-order chi connectivity index (χ0) is 14.7. The summed E-state index contributed by atoms with van der Waals surface area (Å²) in [6.07, 6.45) is 0. The summed E-state index contributed by atoms with van der Waals surface area (Å²) in [4.78, 5) is 11.0. The lowest BCUT2D eigenvalue weighted by atomic mass is 10.1. The lowest BCUT2D eigenvalue weighted by molar-refractivity contribution is 0.0693. The molecule has 0 aliphatic heterocycles. The van der Waals surface area contributed by atoms with Gasteiger partial charge in [0.25, 0.3) is 0 Å². The van der Waals surface area contributed by atoms with Gasteiger partial charge in [-0.2, -0.15) is 0 Å². The molecule has 104 valence electrons. The molecule has 1 N–H and O–H groups in total. The van der Waals surface area contributed by atoms with Crippen LogP contribution in [0.4, 0.5) is 8.78 Å². The molecule has 3 nitrogen and oxygen atoms in total. The summed E-state index contributed by atoms with van der Waals surface area (Å²) < 4.78 is 31.7. The Morgan fingerprint density at radius 3 is 2.60 bits per heavy atom. The van der Waals surface area contributed by atoms with Crippen molar-refractivity contribution in [1.82, 2.24) is 0 Å². The summed E-state index contributed by atoms with van der Waals surface area (Å²) in [5, 5.41) is 8.99. The Labute approximate surface area is 114 Å². The molecule has 0 aliphatic rings. The highest BCUT2D eigenvalue weighted by Crippen LogP contribution is 2.19. The van der Waals surface area contributed by atoms with Crippen LogP contribution in [0, 0.1) is 18.6 Å². The van der Waals surface area contributed by atoms with Gasteiger partial charge in [0.2, 0.25) is 0 Å². The van der Waals surface area contributed by atoms with Crippen molar-refractivity contribution < 1.29 is 23.4 Å². The predicted molar refractivity (Wildman–Crippen MR) is 68.8 cm³/mol. The van der Waals surface area contributed by atoms with Crippen LogP contribution in [0.25, 0.3) is 0 Å². The summed E-state index contributed by atoms with van der Waals surface area (Å²) in [6.45, 7) is 1.55. The summed E-state index contributed by atoms with van der Waals surface area (Å²) in [5.74, 6) is -1.99. The van der Waals surface area contributed by atoms with Gasteiger partial charge in [0.15, 0.2) is 0 Å². The molecule has 2 aromatic carbocycles. The molecule has 0 spiro atoms. The van der Waals surface area contributed by atoms with Crippen LogP contribution in [0.3, 0.4) is 0 Å². The normalized spacial score (nSPS) is 10.3. The third-order valence-electron chi connectivity index (χ3n) is 2.84. The molecule has 0 amide bonds. The van der Waals surface area contributed by atoms with Crippen LogP contribution < -0.4 is 4.74 Å². The van der Waals surface area contributed by atoms with Gasteiger partial charge in [-0.05, 0) is 30.7 Å². The molecule has 0 fully saturated rings. The number of hydrogen-bond donors (Lipinski definition) is 1. The van der Waals surface area contributed by atoms with Gasteiger partial charge in [-0.15, -0.1) is 0 Å². The fourth-order valence-electron chi connectivity index (χ4n) is 1.70. The number of rotatable bonds is 4. The highest BCUT2D eigenvalue weighted by molar-refractivity contribution is 5.89. The van der Waals surface area contributed by atoms with E-state index >= 15 is 0 Å². The molecule has 0 unspecified atom stereocenters. The van der Waals surface area contributed by atoms with E-state index in [1.807, 2.05) is 0 Å². The van der Waals surface area contributed by atoms with Gasteiger partial charge >= 0.3 is 5.97 Å². The number of carbonyl (C=O) groups is 1.